The van der Waals surface area contributed by atoms with E-state index in [0.29, 0.717) is 49.8 Å². The normalized spacial score (nSPS) is 15.5. The number of carbonyl (C=O) groups excluding carboxylic acids is 2. The fourth-order valence-corrected chi connectivity index (χ4v) is 4.19. The van der Waals surface area contributed by atoms with E-state index in [0.717, 1.165) is 5.56 Å². The van der Waals surface area contributed by atoms with Crippen LogP contribution in [-0.4, -0.2) is 75.3 Å². The quantitative estimate of drug-likeness (QED) is 0.355. The monoisotopic (exact) mass is 499 g/mol. The number of rotatable bonds is 10. The number of amides is 1. The summed E-state index contributed by atoms with van der Waals surface area (Å²) in [4.78, 5) is 25.7. The summed E-state index contributed by atoms with van der Waals surface area (Å²) >= 11 is 0. The maximum absolute atomic E-state index is 13.5. The number of morpholine rings is 1. The second kappa shape index (κ2) is 13.5. The summed E-state index contributed by atoms with van der Waals surface area (Å²) < 4.78 is 20.5. The first-order valence-corrected chi connectivity index (χ1v) is 11.5. The van der Waals surface area contributed by atoms with Crippen LogP contribution in [0.3, 0.4) is 0 Å². The molecule has 1 aliphatic heterocycles. The van der Waals surface area contributed by atoms with E-state index >= 15 is 0 Å². The Morgan fingerprint density at radius 1 is 1.14 bits per heavy atom. The molecule has 0 bridgehead atoms. The summed E-state index contributed by atoms with van der Waals surface area (Å²) in [6.45, 7) is 5.73. The first-order valence-electron chi connectivity index (χ1n) is 11.5. The zero-order valence-electron chi connectivity index (χ0n) is 20.4. The molecule has 1 aromatic heterocycles. The molecule has 35 heavy (non-hydrogen) atoms. The van der Waals surface area contributed by atoms with Crippen molar-refractivity contribution in [3.63, 3.8) is 0 Å². The van der Waals surface area contributed by atoms with Crippen LogP contribution >= 0.6 is 0 Å². The van der Waals surface area contributed by atoms with Crippen LogP contribution in [0.5, 0.6) is 0 Å². The molecule has 3 rings (SSSR count). The second-order valence-electron chi connectivity index (χ2n) is 8.81. The standard InChI is InChI=1S/C24H32FN3O6.Na/c1-15(2)22-20(8-7-18(29)13-19(30)14-21(31)32)28(17-5-3-16(25)4-6-17)26-23(22)24(33)27-9-11-34-12-10-27;/h3-6,15,18-19,29-30H,7-14H2,1-2H3,(H,31,32);/q;+1/p-1/t18-,19-;/m1./s1. The molecule has 1 fully saturated rings. The number of halogens is 1. The van der Waals surface area contributed by atoms with Gasteiger partial charge in [0.15, 0.2) is 5.69 Å². The number of carboxylic acid groups (broad SMARTS) is 1. The number of hydrogen-bond donors (Lipinski definition) is 2. The Bertz CT molecular complexity index is 992. The zero-order valence-corrected chi connectivity index (χ0v) is 22.4. The van der Waals surface area contributed by atoms with E-state index in [4.69, 9.17) is 4.74 Å². The first kappa shape index (κ1) is 29.4. The van der Waals surface area contributed by atoms with Gasteiger partial charge in [0, 0.05) is 36.7 Å². The SMILES string of the molecule is CC(C)c1c(C(=O)N2CCOCC2)nn(-c2ccc(F)cc2)c1CC[C@@H](O)C[C@@H](O)CC(=O)[O-].[Na+]. The number of aliphatic hydroxyl groups is 2. The zero-order chi connectivity index (χ0) is 24.8. The second-order valence-corrected chi connectivity index (χ2v) is 8.81. The first-order chi connectivity index (χ1) is 16.2. The minimum absolute atomic E-state index is 0. The van der Waals surface area contributed by atoms with E-state index < -0.39 is 30.4 Å². The molecule has 0 unspecified atom stereocenters. The molecule has 2 heterocycles. The van der Waals surface area contributed by atoms with E-state index in [-0.39, 0.29) is 54.2 Å². The maximum Gasteiger partial charge on any atom is 1.00 e. The smallest absolute Gasteiger partial charge is 0.550 e. The van der Waals surface area contributed by atoms with E-state index in [9.17, 15) is 29.3 Å². The predicted molar refractivity (Wildman–Crippen MR) is 119 cm³/mol. The van der Waals surface area contributed by atoms with Gasteiger partial charge in [-0.25, -0.2) is 9.07 Å². The maximum atomic E-state index is 13.5. The number of ether oxygens (including phenoxy) is 1. The number of carboxylic acids is 1. The Morgan fingerprint density at radius 3 is 2.34 bits per heavy atom. The minimum Gasteiger partial charge on any atom is -0.550 e. The molecule has 0 spiro atoms. The third-order valence-corrected chi connectivity index (χ3v) is 5.83. The Labute approximate surface area is 226 Å². The van der Waals surface area contributed by atoms with Crippen LogP contribution in [0.15, 0.2) is 24.3 Å². The van der Waals surface area contributed by atoms with Crippen molar-refractivity contribution in [2.75, 3.05) is 26.3 Å². The molecule has 2 aromatic rings. The van der Waals surface area contributed by atoms with Crippen LogP contribution in [0, 0.1) is 5.82 Å². The number of carbonyl (C=O) groups is 2. The van der Waals surface area contributed by atoms with Gasteiger partial charge < -0.3 is 29.8 Å². The van der Waals surface area contributed by atoms with Crippen molar-refractivity contribution in [2.45, 2.75) is 57.7 Å². The van der Waals surface area contributed by atoms with Gasteiger partial charge in [-0.1, -0.05) is 13.8 Å². The van der Waals surface area contributed by atoms with Gasteiger partial charge in [0.1, 0.15) is 5.82 Å². The molecule has 1 saturated heterocycles. The average molecular weight is 500 g/mol. The summed E-state index contributed by atoms with van der Waals surface area (Å²) in [5.74, 6) is -2.06. The summed E-state index contributed by atoms with van der Waals surface area (Å²) in [5, 5.41) is 35.5. The predicted octanol–water partition coefficient (Wildman–Crippen LogP) is -2.20. The van der Waals surface area contributed by atoms with Crippen molar-refractivity contribution in [1.82, 2.24) is 14.7 Å². The van der Waals surface area contributed by atoms with Crippen LogP contribution in [0.25, 0.3) is 5.69 Å². The number of nitrogens with zero attached hydrogens (tertiary/aromatic N) is 3. The third-order valence-electron chi connectivity index (χ3n) is 5.83. The summed E-state index contributed by atoms with van der Waals surface area (Å²) in [5.41, 5.74) is 2.32. The number of aliphatic carboxylic acids is 1. The summed E-state index contributed by atoms with van der Waals surface area (Å²) in [6.07, 6.45) is -2.33. The van der Waals surface area contributed by atoms with E-state index in [1.54, 1.807) is 21.7 Å². The van der Waals surface area contributed by atoms with Crippen molar-refractivity contribution in [2.24, 2.45) is 0 Å². The van der Waals surface area contributed by atoms with E-state index in [2.05, 4.69) is 5.10 Å². The van der Waals surface area contributed by atoms with Gasteiger partial charge in [0.05, 0.1) is 31.1 Å². The van der Waals surface area contributed by atoms with E-state index in [1.807, 2.05) is 13.8 Å². The Hall–Kier alpha value is -1.82. The van der Waals surface area contributed by atoms with Gasteiger partial charge in [0.25, 0.3) is 5.91 Å². The number of hydrogen-bond acceptors (Lipinski definition) is 7. The van der Waals surface area contributed by atoms with Gasteiger partial charge >= 0.3 is 29.6 Å². The average Bonchev–Trinajstić information content (AvgIpc) is 3.17. The van der Waals surface area contributed by atoms with Gasteiger partial charge in [-0.2, -0.15) is 5.10 Å². The van der Waals surface area contributed by atoms with Gasteiger partial charge in [-0.3, -0.25) is 4.79 Å². The molecule has 2 N–H and O–H groups in total. The van der Waals surface area contributed by atoms with Gasteiger partial charge in [0.2, 0.25) is 0 Å². The Balaban J connectivity index is 0.00000432. The molecule has 1 amide bonds. The van der Waals surface area contributed by atoms with Crippen LogP contribution in [0.1, 0.15) is 60.8 Å². The van der Waals surface area contributed by atoms with Crippen LogP contribution in [0.2, 0.25) is 0 Å². The number of aromatic nitrogens is 2. The van der Waals surface area contributed by atoms with Crippen molar-refractivity contribution in [3.05, 3.63) is 47.0 Å². The van der Waals surface area contributed by atoms with Gasteiger partial charge in [-0.05, 0) is 49.4 Å². The van der Waals surface area contributed by atoms with Crippen molar-refractivity contribution < 1.29 is 63.6 Å². The molecule has 0 radical (unpaired) electrons. The fourth-order valence-electron chi connectivity index (χ4n) is 4.19. The topological polar surface area (TPSA) is 128 Å². The largest absolute Gasteiger partial charge is 1.00 e. The summed E-state index contributed by atoms with van der Waals surface area (Å²) in [7, 11) is 0. The molecular formula is C24H31FN3NaO6. The molecule has 1 aromatic carbocycles. The van der Waals surface area contributed by atoms with Crippen molar-refractivity contribution >= 4 is 11.9 Å². The van der Waals surface area contributed by atoms with Crippen LogP contribution < -0.4 is 34.7 Å². The van der Waals surface area contributed by atoms with Crippen molar-refractivity contribution in [3.8, 4) is 5.69 Å². The van der Waals surface area contributed by atoms with Crippen molar-refractivity contribution in [1.29, 1.82) is 0 Å². The number of aliphatic hydroxyl groups excluding tert-OH is 2. The molecule has 1 aliphatic rings. The number of benzene rings is 1. The molecule has 186 valence electrons. The Kier molecular flexibility index (Phi) is 11.3. The van der Waals surface area contributed by atoms with Gasteiger partial charge in [-0.15, -0.1) is 0 Å². The molecule has 2 atom stereocenters. The van der Waals surface area contributed by atoms with E-state index in [1.165, 1.54) is 12.1 Å². The molecular weight excluding hydrogens is 468 g/mol. The minimum atomic E-state index is -1.39. The molecule has 0 saturated carbocycles. The molecule has 11 heteroatoms. The van der Waals surface area contributed by atoms with Crippen LogP contribution in [0.4, 0.5) is 4.39 Å². The van der Waals surface area contributed by atoms with Crippen LogP contribution in [-0.2, 0) is 16.0 Å². The summed E-state index contributed by atoms with van der Waals surface area (Å²) in [6, 6.07) is 5.76. The molecule has 0 aliphatic carbocycles. The molecule has 9 nitrogen and oxygen atoms in total. The third kappa shape index (κ3) is 7.83. The fraction of sp³-hybridized carbons (Fsp3) is 0.542. The Morgan fingerprint density at radius 2 is 1.77 bits per heavy atom.